The summed E-state index contributed by atoms with van der Waals surface area (Å²) >= 11 is 0. The third-order valence-electron chi connectivity index (χ3n) is 0.306. The van der Waals surface area contributed by atoms with E-state index in [-0.39, 0.29) is 41.7 Å². The van der Waals surface area contributed by atoms with Crippen molar-refractivity contribution in [2.45, 2.75) is 5.76 Å². The van der Waals surface area contributed by atoms with Crippen LogP contribution < -0.4 is 0 Å². The van der Waals surface area contributed by atoms with Crippen LogP contribution in [0.15, 0.2) is 0 Å². The van der Waals surface area contributed by atoms with E-state index in [0.29, 0.717) is 0 Å². The van der Waals surface area contributed by atoms with E-state index in [9.17, 15) is 21.7 Å². The maximum atomic E-state index is 10.9. The van der Waals surface area contributed by atoms with Gasteiger partial charge in [0.15, 0.2) is 0 Å². The van der Waals surface area contributed by atoms with Gasteiger partial charge in [-0.05, 0) is 4.53 Å². The molecule has 0 heterocycles. The number of rotatable bonds is 2. The average Bonchev–Trinajstić information content (AvgIpc) is 1.67. The largest absolute Gasteiger partial charge is 0.363 e. The van der Waals surface area contributed by atoms with Gasteiger partial charge in [0.25, 0.3) is 0 Å². The third kappa shape index (κ3) is 4.48. The molecule has 0 aliphatic carbocycles. The van der Waals surface area contributed by atoms with Gasteiger partial charge in [0.1, 0.15) is 0 Å². The first-order valence-electron chi connectivity index (χ1n) is 1.33. The molecule has 0 unspecified atom stereocenters. The molecule has 0 atom stereocenters. The molecule has 0 aliphatic heterocycles. The molecular weight excluding hydrogens is 289 g/mol. The first-order chi connectivity index (χ1) is 3.50. The molecule has 54 valence electrons. The molecule has 3 nitrogen and oxygen atoms in total. The second-order valence-corrected chi connectivity index (χ2v) is 2.28. The molecule has 0 spiro atoms. The minimum Gasteiger partial charge on any atom is -0.191 e. The topological polar surface area (TPSA) is 43.4 Å². The summed E-state index contributed by atoms with van der Waals surface area (Å²) < 4.78 is 52.8. The fourth-order valence-electron chi connectivity index (χ4n) is 0.0275. The van der Waals surface area contributed by atoms with E-state index < -0.39 is 15.9 Å². The number of hydrogen-bond donors (Lipinski definition) is 0. The predicted molar refractivity (Wildman–Crippen MR) is 17.1 cm³/mol. The molecule has 9 heavy (non-hydrogen) atoms. The van der Waals surface area contributed by atoms with Gasteiger partial charge in [-0.3, -0.25) is 0 Å². The van der Waals surface area contributed by atoms with Crippen molar-refractivity contribution in [1.29, 1.82) is 0 Å². The van der Waals surface area contributed by atoms with Crippen LogP contribution >= 0.6 is 0 Å². The van der Waals surface area contributed by atoms with E-state index in [1.54, 1.807) is 0 Å². The van der Waals surface area contributed by atoms with Crippen molar-refractivity contribution in [3.63, 3.8) is 0 Å². The van der Waals surface area contributed by atoms with Gasteiger partial charge in [-0.2, -0.15) is 17.2 Å². The number of alkyl halides is 2. The normalized spacial score (nSPS) is 11.1. The summed E-state index contributed by atoms with van der Waals surface area (Å²) in [5.41, 5.74) is 0. The molecule has 0 aromatic rings. The second-order valence-electron chi connectivity index (χ2n) is 0.816. The van der Waals surface area contributed by atoms with Gasteiger partial charge in [0.2, 0.25) is 0 Å². The standard InChI is InChI=1S/CHF3O3S.Ce/c2-1(3)8(5,6)7-4;/h1H;. The van der Waals surface area contributed by atoms with Gasteiger partial charge < -0.3 is 0 Å². The minimum atomic E-state index is -5.24. The molecule has 0 saturated heterocycles. The fraction of sp³-hybridized carbons (Fsp3) is 1.00. The molecule has 0 radical (unpaired) electrons. The molecule has 0 saturated carbocycles. The van der Waals surface area contributed by atoms with E-state index in [1.807, 2.05) is 4.39 Å². The minimum absolute atomic E-state index is 0. The van der Waals surface area contributed by atoms with E-state index in [4.69, 9.17) is 0 Å². The smallest absolute Gasteiger partial charge is 0.191 e. The van der Waals surface area contributed by atoms with E-state index in [1.165, 1.54) is 0 Å². The van der Waals surface area contributed by atoms with Crippen LogP contribution in [0, 0.1) is 41.7 Å². The summed E-state index contributed by atoms with van der Waals surface area (Å²) in [6.07, 6.45) is 0. The SMILES string of the molecule is O=S(=O)(OF)C(F)F.[Ce]. The van der Waals surface area contributed by atoms with Crippen molar-refractivity contribution >= 4 is 10.1 Å². The van der Waals surface area contributed by atoms with Crippen LogP contribution in [0.4, 0.5) is 13.3 Å². The Morgan fingerprint density at radius 1 is 1.33 bits per heavy atom. The molecule has 0 bridgehead atoms. The van der Waals surface area contributed by atoms with Crippen molar-refractivity contribution in [3.8, 4) is 0 Å². The monoisotopic (exact) mass is 290 g/mol. The van der Waals surface area contributed by atoms with Gasteiger partial charge in [0.05, 0.1) is 0 Å². The van der Waals surface area contributed by atoms with E-state index in [2.05, 4.69) is 0 Å². The molecule has 0 fully saturated rings. The zero-order valence-corrected chi connectivity index (χ0v) is 7.80. The van der Waals surface area contributed by atoms with Crippen molar-refractivity contribution in [3.05, 3.63) is 0 Å². The average molecular weight is 290 g/mol. The Balaban J connectivity index is 0. The Bertz CT molecular complexity index is 152. The number of hydrogen-bond acceptors (Lipinski definition) is 3. The maximum Gasteiger partial charge on any atom is 0.363 e. The summed E-state index contributed by atoms with van der Waals surface area (Å²) in [6, 6.07) is 0. The molecule has 0 aromatic carbocycles. The summed E-state index contributed by atoms with van der Waals surface area (Å²) in [4.78, 5) is 0. The quantitative estimate of drug-likeness (QED) is 0.741. The molecule has 0 aromatic heterocycles. The summed E-state index contributed by atoms with van der Waals surface area (Å²) in [5, 5.41) is 0. The van der Waals surface area contributed by atoms with Crippen molar-refractivity contribution in [2.75, 3.05) is 0 Å². The zero-order chi connectivity index (χ0) is 6.78. The van der Waals surface area contributed by atoms with Crippen molar-refractivity contribution < 1.29 is 67.9 Å². The summed E-state index contributed by atoms with van der Waals surface area (Å²) in [5.74, 6) is -3.81. The third-order valence-corrected chi connectivity index (χ3v) is 0.918. The van der Waals surface area contributed by atoms with Crippen molar-refractivity contribution in [1.82, 2.24) is 0 Å². The molecule has 8 heteroatoms. The first-order valence-corrected chi connectivity index (χ1v) is 2.80. The summed E-state index contributed by atoms with van der Waals surface area (Å²) in [6.45, 7) is 0. The van der Waals surface area contributed by atoms with Crippen LogP contribution in [0.5, 0.6) is 0 Å². The zero-order valence-electron chi connectivity index (χ0n) is 3.84. The van der Waals surface area contributed by atoms with E-state index in [0.717, 1.165) is 0 Å². The Morgan fingerprint density at radius 3 is 1.67 bits per heavy atom. The molecule has 0 rings (SSSR count). The van der Waals surface area contributed by atoms with Crippen LogP contribution in [0.25, 0.3) is 0 Å². The van der Waals surface area contributed by atoms with Gasteiger partial charge in [-0.25, -0.2) is 0 Å². The van der Waals surface area contributed by atoms with Crippen molar-refractivity contribution in [2.24, 2.45) is 0 Å². The van der Waals surface area contributed by atoms with Gasteiger partial charge in [-0.1, -0.05) is 4.39 Å². The second kappa shape index (κ2) is 4.83. The fourth-order valence-corrected chi connectivity index (χ4v) is 0.0825. The predicted octanol–water partition coefficient (Wildman–Crippen LogP) is 0.440. The molecule has 0 amide bonds. The summed E-state index contributed by atoms with van der Waals surface area (Å²) in [7, 11) is -5.24. The Labute approximate surface area is 83.0 Å². The Kier molecular flexibility index (Phi) is 6.82. The van der Waals surface area contributed by atoms with E-state index >= 15 is 0 Å². The first kappa shape index (κ1) is 12.7. The molecule has 0 N–H and O–H groups in total. The van der Waals surface area contributed by atoms with Crippen LogP contribution in [0.3, 0.4) is 0 Å². The van der Waals surface area contributed by atoms with Gasteiger partial charge >= 0.3 is 15.9 Å². The van der Waals surface area contributed by atoms with Gasteiger partial charge in [-0.15, -0.1) is 0 Å². The number of halogens is 3. The van der Waals surface area contributed by atoms with Crippen LogP contribution in [0.1, 0.15) is 0 Å². The van der Waals surface area contributed by atoms with Crippen LogP contribution in [0.2, 0.25) is 0 Å². The Morgan fingerprint density at radius 2 is 1.67 bits per heavy atom. The van der Waals surface area contributed by atoms with Gasteiger partial charge in [0, 0.05) is 41.7 Å². The molecular formula is CHCeF3O3S. The van der Waals surface area contributed by atoms with Crippen LogP contribution in [-0.4, -0.2) is 14.2 Å². The maximum absolute atomic E-state index is 10.9. The van der Waals surface area contributed by atoms with Crippen LogP contribution in [-0.2, 0) is 14.5 Å². The molecule has 0 aliphatic rings. The Hall–Kier alpha value is 1.08.